The van der Waals surface area contributed by atoms with Crippen LogP contribution in [-0.2, 0) is 6.54 Å². The molecule has 8 heteroatoms. The number of para-hydroxylation sites is 1. The van der Waals surface area contributed by atoms with Crippen LogP contribution in [0.3, 0.4) is 0 Å². The lowest BCUT2D eigenvalue weighted by atomic mass is 10.2. The second-order valence-electron chi connectivity index (χ2n) is 6.06. The van der Waals surface area contributed by atoms with E-state index in [0.29, 0.717) is 11.4 Å². The molecule has 0 unspecified atom stereocenters. The summed E-state index contributed by atoms with van der Waals surface area (Å²) in [5.41, 5.74) is -0.233. The summed E-state index contributed by atoms with van der Waals surface area (Å²) in [6.45, 7) is -0.118. The Bertz CT molecular complexity index is 1420. The van der Waals surface area contributed by atoms with Crippen molar-refractivity contribution >= 4 is 11.0 Å². The van der Waals surface area contributed by atoms with Crippen LogP contribution in [0.25, 0.3) is 16.7 Å². The van der Waals surface area contributed by atoms with Crippen molar-refractivity contribution in [2.45, 2.75) is 6.54 Å². The van der Waals surface area contributed by atoms with Crippen LogP contribution in [-0.4, -0.2) is 19.1 Å². The Balaban J connectivity index is 2.08. The lowest BCUT2D eigenvalue weighted by molar-refractivity contribution is 0.670. The molecule has 8 nitrogen and oxygen atoms in total. The summed E-state index contributed by atoms with van der Waals surface area (Å²) in [5.74, 6) is 0. The van der Waals surface area contributed by atoms with Crippen molar-refractivity contribution in [1.29, 1.82) is 5.26 Å². The van der Waals surface area contributed by atoms with Gasteiger partial charge in [0.2, 0.25) is 0 Å². The SMILES string of the molecule is N#Cc1ccccc1-n1c(=O)n(Cc2cc(=O)cc[nH]2)c(=O)c2cccnc21. The van der Waals surface area contributed by atoms with Gasteiger partial charge in [0.05, 0.1) is 23.2 Å². The zero-order valence-electron chi connectivity index (χ0n) is 14.5. The second-order valence-corrected chi connectivity index (χ2v) is 6.06. The highest BCUT2D eigenvalue weighted by atomic mass is 16.2. The summed E-state index contributed by atoms with van der Waals surface area (Å²) >= 11 is 0. The van der Waals surface area contributed by atoms with Gasteiger partial charge in [-0.25, -0.2) is 14.3 Å². The van der Waals surface area contributed by atoms with Crippen molar-refractivity contribution in [3.8, 4) is 11.8 Å². The van der Waals surface area contributed by atoms with Crippen LogP contribution in [0.2, 0.25) is 0 Å². The molecule has 4 rings (SSSR count). The van der Waals surface area contributed by atoms with E-state index in [2.05, 4.69) is 16.0 Å². The van der Waals surface area contributed by atoms with Gasteiger partial charge in [-0.3, -0.25) is 14.2 Å². The topological polar surface area (TPSA) is 114 Å². The highest BCUT2D eigenvalue weighted by Gasteiger charge is 2.17. The van der Waals surface area contributed by atoms with E-state index in [4.69, 9.17) is 0 Å². The molecule has 28 heavy (non-hydrogen) atoms. The minimum Gasteiger partial charge on any atom is -0.363 e. The summed E-state index contributed by atoms with van der Waals surface area (Å²) in [4.78, 5) is 44.8. The third-order valence-corrected chi connectivity index (χ3v) is 4.32. The fraction of sp³-hybridized carbons (Fsp3) is 0.0500. The number of hydrogen-bond donors (Lipinski definition) is 1. The van der Waals surface area contributed by atoms with E-state index in [1.54, 1.807) is 36.4 Å². The molecular formula is C20H13N5O3. The fourth-order valence-electron chi connectivity index (χ4n) is 3.06. The molecule has 0 saturated heterocycles. The summed E-state index contributed by atoms with van der Waals surface area (Å²) in [6, 6.07) is 14.5. The number of fused-ring (bicyclic) bond motifs is 1. The third kappa shape index (κ3) is 2.81. The molecule has 0 fully saturated rings. The minimum atomic E-state index is -0.649. The van der Waals surface area contributed by atoms with E-state index in [9.17, 15) is 19.6 Å². The minimum absolute atomic E-state index is 0.118. The Hall–Kier alpha value is -4.25. The number of hydrogen-bond acceptors (Lipinski definition) is 5. The number of nitrogens with zero attached hydrogens (tertiary/aromatic N) is 4. The van der Waals surface area contributed by atoms with Gasteiger partial charge in [-0.15, -0.1) is 0 Å². The highest BCUT2D eigenvalue weighted by Crippen LogP contribution is 2.15. The van der Waals surface area contributed by atoms with Crippen LogP contribution in [0.15, 0.2) is 75.3 Å². The van der Waals surface area contributed by atoms with Gasteiger partial charge in [0.25, 0.3) is 5.56 Å². The molecule has 0 atom stereocenters. The van der Waals surface area contributed by atoms with Gasteiger partial charge in [0, 0.05) is 30.2 Å². The van der Waals surface area contributed by atoms with Crippen LogP contribution in [0.4, 0.5) is 0 Å². The van der Waals surface area contributed by atoms with E-state index >= 15 is 0 Å². The Morgan fingerprint density at radius 3 is 2.68 bits per heavy atom. The standard InChI is InChI=1S/C20H13N5O3/c21-11-13-4-1-2-6-17(13)25-18-16(5-3-8-23-18)19(27)24(20(25)28)12-14-10-15(26)7-9-22-14/h1-10H,12H2,(H,22,26). The number of nitriles is 1. The maximum Gasteiger partial charge on any atom is 0.337 e. The van der Waals surface area contributed by atoms with Crippen molar-refractivity contribution in [1.82, 2.24) is 19.1 Å². The van der Waals surface area contributed by atoms with Crippen LogP contribution in [0, 0.1) is 11.3 Å². The van der Waals surface area contributed by atoms with Crippen LogP contribution >= 0.6 is 0 Å². The van der Waals surface area contributed by atoms with Crippen molar-refractivity contribution in [2.24, 2.45) is 0 Å². The molecule has 0 aliphatic rings. The predicted molar refractivity (Wildman–Crippen MR) is 102 cm³/mol. The Kier molecular flexibility index (Phi) is 4.18. The number of nitrogens with one attached hydrogen (secondary N) is 1. The van der Waals surface area contributed by atoms with Gasteiger partial charge < -0.3 is 4.98 Å². The zero-order valence-corrected chi connectivity index (χ0v) is 14.5. The number of H-pyrrole nitrogens is 1. The molecule has 3 heterocycles. The first kappa shape index (κ1) is 17.2. The molecule has 1 aromatic carbocycles. The predicted octanol–water partition coefficient (Wildman–Crippen LogP) is 1.16. The van der Waals surface area contributed by atoms with Crippen molar-refractivity contribution < 1.29 is 0 Å². The Morgan fingerprint density at radius 1 is 1.07 bits per heavy atom. The molecule has 0 radical (unpaired) electrons. The zero-order chi connectivity index (χ0) is 19.7. The lowest BCUT2D eigenvalue weighted by Crippen LogP contribution is -2.40. The first-order valence-electron chi connectivity index (χ1n) is 8.38. The first-order chi connectivity index (χ1) is 13.6. The molecule has 0 saturated carbocycles. The number of aromatic nitrogens is 4. The lowest BCUT2D eigenvalue weighted by Gasteiger charge is -2.14. The monoisotopic (exact) mass is 371 g/mol. The maximum absolute atomic E-state index is 13.2. The van der Waals surface area contributed by atoms with E-state index in [-0.39, 0.29) is 28.6 Å². The maximum atomic E-state index is 13.2. The molecule has 0 spiro atoms. The summed E-state index contributed by atoms with van der Waals surface area (Å²) in [6.07, 6.45) is 2.93. The van der Waals surface area contributed by atoms with Gasteiger partial charge in [-0.1, -0.05) is 12.1 Å². The highest BCUT2D eigenvalue weighted by molar-refractivity contribution is 5.76. The third-order valence-electron chi connectivity index (χ3n) is 4.32. The molecule has 3 aromatic heterocycles. The van der Waals surface area contributed by atoms with Gasteiger partial charge in [-0.2, -0.15) is 5.26 Å². The quantitative estimate of drug-likeness (QED) is 0.580. The number of aromatic amines is 1. The van der Waals surface area contributed by atoms with Gasteiger partial charge >= 0.3 is 5.69 Å². The average molecular weight is 371 g/mol. The molecule has 0 aliphatic heterocycles. The molecule has 0 aliphatic carbocycles. The van der Waals surface area contributed by atoms with Crippen molar-refractivity contribution in [2.75, 3.05) is 0 Å². The first-order valence-corrected chi connectivity index (χ1v) is 8.38. The summed E-state index contributed by atoms with van der Waals surface area (Å²) in [5, 5.41) is 9.67. The van der Waals surface area contributed by atoms with Crippen LogP contribution < -0.4 is 16.7 Å². The Morgan fingerprint density at radius 2 is 1.89 bits per heavy atom. The number of benzene rings is 1. The van der Waals surface area contributed by atoms with E-state index in [0.717, 1.165) is 4.57 Å². The number of rotatable bonds is 3. The average Bonchev–Trinajstić information content (AvgIpc) is 2.72. The van der Waals surface area contributed by atoms with E-state index in [1.165, 1.54) is 29.1 Å². The van der Waals surface area contributed by atoms with Gasteiger partial charge in [0.15, 0.2) is 11.1 Å². The Labute approximate surface area is 157 Å². The smallest absolute Gasteiger partial charge is 0.337 e. The molecule has 0 bridgehead atoms. The summed E-state index contributed by atoms with van der Waals surface area (Å²) in [7, 11) is 0. The van der Waals surface area contributed by atoms with Crippen LogP contribution in [0.5, 0.6) is 0 Å². The molecule has 136 valence electrons. The molecule has 1 N–H and O–H groups in total. The van der Waals surface area contributed by atoms with Crippen LogP contribution in [0.1, 0.15) is 11.3 Å². The normalized spacial score (nSPS) is 10.7. The molecule has 4 aromatic rings. The second kappa shape index (κ2) is 6.81. The largest absolute Gasteiger partial charge is 0.363 e. The van der Waals surface area contributed by atoms with Crippen molar-refractivity contribution in [3.05, 3.63) is 103 Å². The van der Waals surface area contributed by atoms with Gasteiger partial charge in [-0.05, 0) is 24.3 Å². The summed E-state index contributed by atoms with van der Waals surface area (Å²) < 4.78 is 2.26. The molecule has 0 amide bonds. The van der Waals surface area contributed by atoms with Crippen molar-refractivity contribution in [3.63, 3.8) is 0 Å². The van der Waals surface area contributed by atoms with Gasteiger partial charge in [0.1, 0.15) is 6.07 Å². The van der Waals surface area contributed by atoms with E-state index < -0.39 is 11.2 Å². The fourth-order valence-corrected chi connectivity index (χ4v) is 3.06. The number of pyridine rings is 2. The molecular weight excluding hydrogens is 358 g/mol. The van der Waals surface area contributed by atoms with E-state index in [1.807, 2.05) is 0 Å².